The molecule has 2 heteroatoms. The van der Waals surface area contributed by atoms with Gasteiger partial charge >= 0.3 is 0 Å². The molecule has 2 aliphatic carbocycles. The monoisotopic (exact) mass is 392 g/mol. The van der Waals surface area contributed by atoms with Crippen LogP contribution in [-0.2, 0) is 0 Å². The first kappa shape index (κ1) is 20.3. The highest BCUT2D eigenvalue weighted by atomic mass is 16.3. The van der Waals surface area contributed by atoms with Crippen LogP contribution >= 0.6 is 0 Å². The van der Waals surface area contributed by atoms with E-state index in [1.54, 1.807) is 0 Å². The summed E-state index contributed by atoms with van der Waals surface area (Å²) in [7, 11) is 0. The van der Waals surface area contributed by atoms with Gasteiger partial charge in [-0.05, 0) is 82.9 Å². The molecule has 2 nitrogen and oxygen atoms in total. The zero-order chi connectivity index (χ0) is 20.9. The average molecular weight is 393 g/mol. The lowest BCUT2D eigenvalue weighted by Gasteiger charge is -2.21. The minimum Gasteiger partial charge on any atom is -0.507 e. The summed E-state index contributed by atoms with van der Waals surface area (Å²) >= 11 is 0. The largest absolute Gasteiger partial charge is 0.507 e. The van der Waals surface area contributed by atoms with E-state index in [9.17, 15) is 10.2 Å². The summed E-state index contributed by atoms with van der Waals surface area (Å²) in [6.07, 6.45) is 3.75. The maximum absolute atomic E-state index is 11.0. The van der Waals surface area contributed by atoms with Gasteiger partial charge in [0.25, 0.3) is 0 Å². The molecular formula is C27H36O2. The van der Waals surface area contributed by atoms with Gasteiger partial charge < -0.3 is 10.2 Å². The summed E-state index contributed by atoms with van der Waals surface area (Å²) in [5.74, 6) is 4.32. The number of hydrogen-bond acceptors (Lipinski definition) is 2. The van der Waals surface area contributed by atoms with Gasteiger partial charge in [-0.3, -0.25) is 0 Å². The van der Waals surface area contributed by atoms with Crippen LogP contribution in [-0.4, -0.2) is 10.2 Å². The molecule has 2 aromatic rings. The van der Waals surface area contributed by atoms with Gasteiger partial charge in [0.05, 0.1) is 0 Å². The predicted octanol–water partition coefficient (Wildman–Crippen LogP) is 7.28. The summed E-state index contributed by atoms with van der Waals surface area (Å²) in [5.41, 5.74) is 4.36. The quantitative estimate of drug-likeness (QED) is 0.520. The van der Waals surface area contributed by atoms with Crippen molar-refractivity contribution in [3.05, 3.63) is 58.7 Å². The number of para-hydroxylation sites is 2. The van der Waals surface area contributed by atoms with Crippen molar-refractivity contribution < 1.29 is 10.2 Å². The van der Waals surface area contributed by atoms with E-state index in [0.717, 1.165) is 34.6 Å². The van der Waals surface area contributed by atoms with Crippen LogP contribution in [0.3, 0.4) is 0 Å². The Bertz CT molecular complexity index is 880. The first-order valence-corrected chi connectivity index (χ1v) is 11.4. The van der Waals surface area contributed by atoms with Crippen LogP contribution < -0.4 is 0 Å². The summed E-state index contributed by atoms with van der Waals surface area (Å²) in [6, 6.07) is 12.5. The van der Waals surface area contributed by atoms with Gasteiger partial charge in [0.1, 0.15) is 11.5 Å². The van der Waals surface area contributed by atoms with Crippen molar-refractivity contribution in [2.75, 3.05) is 0 Å². The van der Waals surface area contributed by atoms with Crippen LogP contribution in [0.2, 0.25) is 0 Å². The van der Waals surface area contributed by atoms with Crippen molar-refractivity contribution in [1.29, 1.82) is 0 Å². The Labute approximate surface area is 176 Å². The molecule has 29 heavy (non-hydrogen) atoms. The van der Waals surface area contributed by atoms with E-state index in [0.29, 0.717) is 47.0 Å². The Kier molecular flexibility index (Phi) is 5.40. The Morgan fingerprint density at radius 1 is 0.655 bits per heavy atom. The second-order valence-electron chi connectivity index (χ2n) is 9.99. The molecule has 2 aromatic carbocycles. The highest BCUT2D eigenvalue weighted by Crippen LogP contribution is 2.58. The number of hydrogen-bond donors (Lipinski definition) is 2. The van der Waals surface area contributed by atoms with Crippen LogP contribution in [0.15, 0.2) is 36.4 Å². The SMILES string of the molecule is CC(C)c1cccc(C(C)C2CC2C(C)c2cccc([C@H](C)C3CC3)c2O)c1O. The molecule has 0 amide bonds. The molecule has 0 aromatic heterocycles. The summed E-state index contributed by atoms with van der Waals surface area (Å²) < 4.78 is 0. The normalized spacial score (nSPS) is 24.3. The van der Waals surface area contributed by atoms with E-state index in [1.807, 2.05) is 6.07 Å². The van der Waals surface area contributed by atoms with Gasteiger partial charge in [-0.1, -0.05) is 71.0 Å². The molecule has 156 valence electrons. The fraction of sp³-hybridized carbons (Fsp3) is 0.556. The molecule has 2 aliphatic rings. The lowest BCUT2D eigenvalue weighted by Crippen LogP contribution is -2.06. The maximum atomic E-state index is 11.0. The van der Waals surface area contributed by atoms with E-state index in [1.165, 1.54) is 12.8 Å². The van der Waals surface area contributed by atoms with Crippen LogP contribution in [0.5, 0.6) is 11.5 Å². The Morgan fingerprint density at radius 3 is 1.52 bits per heavy atom. The molecule has 0 spiro atoms. The van der Waals surface area contributed by atoms with Crippen LogP contribution in [0.25, 0.3) is 0 Å². The standard InChI is InChI=1S/C27H36O2/c1-15(2)20-8-6-10-22(26(20)28)17(4)24-14-25(24)18(5)23-11-7-9-21(27(23)29)16(3)19-12-13-19/h6-11,15-19,24-25,28-29H,12-14H2,1-5H3/t16-,17?,18?,24?,25?/m1/s1. The first-order valence-electron chi connectivity index (χ1n) is 11.4. The number of aromatic hydroxyl groups is 2. The number of rotatable bonds is 7. The fourth-order valence-electron chi connectivity index (χ4n) is 5.43. The lowest BCUT2D eigenvalue weighted by molar-refractivity contribution is 0.432. The van der Waals surface area contributed by atoms with Gasteiger partial charge in [0.15, 0.2) is 0 Å². The molecule has 4 unspecified atom stereocenters. The zero-order valence-corrected chi connectivity index (χ0v) is 18.5. The van der Waals surface area contributed by atoms with Crippen LogP contribution in [0.4, 0.5) is 0 Å². The van der Waals surface area contributed by atoms with Gasteiger partial charge in [-0.2, -0.15) is 0 Å². The molecule has 0 heterocycles. The van der Waals surface area contributed by atoms with Crippen molar-refractivity contribution in [2.45, 2.75) is 77.6 Å². The summed E-state index contributed by atoms with van der Waals surface area (Å²) in [4.78, 5) is 0. The molecule has 0 radical (unpaired) electrons. The van der Waals surface area contributed by atoms with E-state index < -0.39 is 0 Å². The smallest absolute Gasteiger partial charge is 0.122 e. The van der Waals surface area contributed by atoms with Crippen molar-refractivity contribution in [3.63, 3.8) is 0 Å². The number of phenolic OH excluding ortho intramolecular Hbond substituents is 2. The highest BCUT2D eigenvalue weighted by molar-refractivity contribution is 5.47. The lowest BCUT2D eigenvalue weighted by atomic mass is 9.85. The molecule has 4 rings (SSSR count). The maximum Gasteiger partial charge on any atom is 0.122 e. The molecule has 0 saturated heterocycles. The topological polar surface area (TPSA) is 40.5 Å². The van der Waals surface area contributed by atoms with Crippen molar-refractivity contribution >= 4 is 0 Å². The molecule has 2 N–H and O–H groups in total. The fourth-order valence-corrected chi connectivity index (χ4v) is 5.43. The van der Waals surface area contributed by atoms with Gasteiger partial charge in [-0.15, -0.1) is 0 Å². The Hall–Kier alpha value is -1.96. The zero-order valence-electron chi connectivity index (χ0n) is 18.5. The van der Waals surface area contributed by atoms with E-state index in [4.69, 9.17) is 0 Å². The third kappa shape index (κ3) is 3.79. The molecule has 5 atom stereocenters. The minimum absolute atomic E-state index is 0.323. The third-order valence-corrected chi connectivity index (χ3v) is 7.80. The van der Waals surface area contributed by atoms with E-state index in [-0.39, 0.29) is 0 Å². The first-order chi connectivity index (χ1) is 13.8. The molecular weight excluding hydrogens is 356 g/mol. The summed E-state index contributed by atoms with van der Waals surface area (Å²) in [6.45, 7) is 11.0. The minimum atomic E-state index is 0.323. The van der Waals surface area contributed by atoms with Gasteiger partial charge in [-0.25, -0.2) is 0 Å². The Morgan fingerprint density at radius 2 is 1.07 bits per heavy atom. The molecule has 2 saturated carbocycles. The van der Waals surface area contributed by atoms with Crippen molar-refractivity contribution in [1.82, 2.24) is 0 Å². The van der Waals surface area contributed by atoms with Crippen molar-refractivity contribution in [2.24, 2.45) is 17.8 Å². The molecule has 0 bridgehead atoms. The van der Waals surface area contributed by atoms with Gasteiger partial charge in [0, 0.05) is 0 Å². The second-order valence-corrected chi connectivity index (χ2v) is 9.99. The predicted molar refractivity (Wildman–Crippen MR) is 120 cm³/mol. The number of benzene rings is 2. The number of phenols is 2. The molecule has 0 aliphatic heterocycles. The van der Waals surface area contributed by atoms with Crippen molar-refractivity contribution in [3.8, 4) is 11.5 Å². The second kappa shape index (κ2) is 7.70. The Balaban J connectivity index is 1.52. The highest BCUT2D eigenvalue weighted by Gasteiger charge is 2.46. The van der Waals surface area contributed by atoms with Crippen LogP contribution in [0, 0.1) is 17.8 Å². The summed E-state index contributed by atoms with van der Waals surface area (Å²) in [5, 5.41) is 21.8. The van der Waals surface area contributed by atoms with Crippen LogP contribution in [0.1, 0.15) is 99.8 Å². The van der Waals surface area contributed by atoms with Gasteiger partial charge in [0.2, 0.25) is 0 Å². The van der Waals surface area contributed by atoms with E-state index in [2.05, 4.69) is 65.0 Å². The van der Waals surface area contributed by atoms with E-state index >= 15 is 0 Å². The third-order valence-electron chi connectivity index (χ3n) is 7.80. The average Bonchev–Trinajstić information content (AvgIpc) is 3.60. The molecule has 2 fully saturated rings.